The zero-order valence-electron chi connectivity index (χ0n) is 14.3. The van der Waals surface area contributed by atoms with E-state index in [2.05, 4.69) is 45.2 Å². The summed E-state index contributed by atoms with van der Waals surface area (Å²) in [4.78, 5) is 30.4. The average molecular weight is 603 g/mol. The minimum Gasteiger partial charge on any atom is -0.394 e. The van der Waals surface area contributed by atoms with Crippen molar-refractivity contribution in [3.8, 4) is 0 Å². The van der Waals surface area contributed by atoms with E-state index in [9.17, 15) is 14.7 Å². The Hall–Kier alpha value is -0.570. The minimum absolute atomic E-state index is 0.103. The summed E-state index contributed by atoms with van der Waals surface area (Å²) in [6.45, 7) is 4.27. The van der Waals surface area contributed by atoms with Crippen molar-refractivity contribution in [3.63, 3.8) is 0 Å². The van der Waals surface area contributed by atoms with Crippen LogP contribution >= 0.6 is 57.4 Å². The molecule has 2 N–H and O–H groups in total. The van der Waals surface area contributed by atoms with Gasteiger partial charge in [-0.05, 0) is 71.2 Å². The fraction of sp³-hybridized carbons (Fsp3) is 0.438. The van der Waals surface area contributed by atoms with Crippen LogP contribution < -0.4 is 0 Å². The molecule has 7 nitrogen and oxygen atoms in total. The fourth-order valence-electron chi connectivity index (χ4n) is 2.67. The Morgan fingerprint density at radius 2 is 1.50 bits per heavy atom. The highest BCUT2D eigenvalue weighted by molar-refractivity contribution is 14.1. The first-order valence-corrected chi connectivity index (χ1v) is 10.5. The normalized spacial score (nSPS) is 19.9. The number of nitrogens with zero attached hydrogens (tertiary/aromatic N) is 3. The number of rotatable bonds is 5. The molecule has 1 saturated heterocycles. The number of thiocarbonyl (C=S) groups is 1. The van der Waals surface area contributed by atoms with Gasteiger partial charge in [0.15, 0.2) is 5.11 Å². The highest BCUT2D eigenvalue weighted by atomic mass is 127. The molecule has 0 aromatic rings. The molecule has 0 aliphatic carbocycles. The summed E-state index contributed by atoms with van der Waals surface area (Å²) in [5.41, 5.74) is 0.668. The van der Waals surface area contributed by atoms with Gasteiger partial charge in [-0.15, -0.1) is 0 Å². The van der Waals surface area contributed by atoms with Crippen molar-refractivity contribution >= 4 is 74.3 Å². The molecule has 142 valence electrons. The second kappa shape index (κ2) is 9.08. The highest BCUT2D eigenvalue weighted by Crippen LogP contribution is 2.38. The molecule has 0 bridgehead atoms. The van der Waals surface area contributed by atoms with Gasteiger partial charge in [0.25, 0.3) is 11.8 Å². The lowest BCUT2D eigenvalue weighted by Crippen LogP contribution is -2.56. The van der Waals surface area contributed by atoms with Crippen molar-refractivity contribution in [2.75, 3.05) is 26.2 Å². The largest absolute Gasteiger partial charge is 0.394 e. The second-order valence-corrected chi connectivity index (χ2v) is 8.31. The molecule has 0 spiro atoms. The molecule has 0 saturated carbocycles. The number of carbonyl (C=O) groups is 2. The van der Waals surface area contributed by atoms with Gasteiger partial charge in [-0.3, -0.25) is 19.4 Å². The van der Waals surface area contributed by atoms with Crippen molar-refractivity contribution in [3.05, 3.63) is 30.7 Å². The Morgan fingerprint density at radius 1 is 1.04 bits per heavy atom. The van der Waals surface area contributed by atoms with E-state index in [0.717, 1.165) is 0 Å². The highest BCUT2D eigenvalue weighted by Gasteiger charge is 2.41. The molecule has 26 heavy (non-hydrogen) atoms. The van der Waals surface area contributed by atoms with Gasteiger partial charge in [0.05, 0.1) is 19.3 Å². The van der Waals surface area contributed by atoms with Crippen LogP contribution in [0.25, 0.3) is 0 Å². The van der Waals surface area contributed by atoms with E-state index >= 15 is 0 Å². The third-order valence-corrected chi connectivity index (χ3v) is 6.01. The van der Waals surface area contributed by atoms with E-state index in [1.165, 1.54) is 9.80 Å². The third kappa shape index (κ3) is 4.13. The number of likely N-dealkylation sites (N-methyl/N-ethyl adjacent to an activating group) is 2. The predicted molar refractivity (Wildman–Crippen MR) is 118 cm³/mol. The maximum atomic E-state index is 12.9. The van der Waals surface area contributed by atoms with E-state index in [1.54, 1.807) is 17.3 Å². The van der Waals surface area contributed by atoms with Crippen LogP contribution in [0.4, 0.5) is 0 Å². The van der Waals surface area contributed by atoms with Gasteiger partial charge in [-0.25, -0.2) is 0 Å². The van der Waals surface area contributed by atoms with Crippen LogP contribution in [0.5, 0.6) is 0 Å². The molecule has 1 atom stereocenters. The Labute approximate surface area is 184 Å². The summed E-state index contributed by atoms with van der Waals surface area (Å²) in [6, 6.07) is 0. The molecule has 1 unspecified atom stereocenters. The van der Waals surface area contributed by atoms with Gasteiger partial charge in [0, 0.05) is 38.2 Å². The molecule has 2 aliphatic heterocycles. The number of allylic oxidation sites excluding steroid dienone is 3. The predicted octanol–water partition coefficient (Wildman–Crippen LogP) is 1.50. The zero-order chi connectivity index (χ0) is 19.6. The lowest BCUT2D eigenvalue weighted by atomic mass is 10.0. The molecular formula is C16H19I2N3O4S. The van der Waals surface area contributed by atoms with Gasteiger partial charge in [0.2, 0.25) is 0 Å². The summed E-state index contributed by atoms with van der Waals surface area (Å²) >= 11 is 9.43. The van der Waals surface area contributed by atoms with Crippen LogP contribution in [0.1, 0.15) is 13.8 Å². The summed E-state index contributed by atoms with van der Waals surface area (Å²) in [7, 11) is 0. The molecule has 2 amide bonds. The second-order valence-electron chi connectivity index (χ2n) is 5.62. The number of amides is 2. The van der Waals surface area contributed by atoms with Crippen molar-refractivity contribution in [2.24, 2.45) is 0 Å². The van der Waals surface area contributed by atoms with Crippen molar-refractivity contribution in [2.45, 2.75) is 20.0 Å². The molecule has 1 fully saturated rings. The van der Waals surface area contributed by atoms with Gasteiger partial charge in [-0.2, -0.15) is 0 Å². The van der Waals surface area contributed by atoms with Crippen LogP contribution in [0, 0.1) is 0 Å². The Kier molecular flexibility index (Phi) is 7.59. The van der Waals surface area contributed by atoms with Crippen molar-refractivity contribution < 1.29 is 19.8 Å². The summed E-state index contributed by atoms with van der Waals surface area (Å²) in [6.07, 6.45) is 2.60. The first-order chi connectivity index (χ1) is 12.3. The number of hydrogen-bond acceptors (Lipinski definition) is 6. The molecule has 2 heterocycles. The molecule has 0 aromatic heterocycles. The Morgan fingerprint density at radius 3 is 1.88 bits per heavy atom. The van der Waals surface area contributed by atoms with Gasteiger partial charge < -0.3 is 15.1 Å². The van der Waals surface area contributed by atoms with E-state index in [1.807, 2.05) is 13.8 Å². The smallest absolute Gasteiger partial charge is 0.266 e. The van der Waals surface area contributed by atoms with E-state index < -0.39 is 17.9 Å². The lowest BCUT2D eigenvalue weighted by molar-refractivity contribution is -0.133. The summed E-state index contributed by atoms with van der Waals surface area (Å²) < 4.78 is 1.41. The van der Waals surface area contributed by atoms with Crippen molar-refractivity contribution in [1.82, 2.24) is 14.7 Å². The van der Waals surface area contributed by atoms with Crippen molar-refractivity contribution in [1.29, 1.82) is 0 Å². The quantitative estimate of drug-likeness (QED) is 0.215. The minimum atomic E-state index is -0.883. The number of β-amino-alcohol motifs (C(OH)–C–C–N with tert-alkyl or cyclic N) is 1. The molecule has 2 rings (SSSR count). The third-order valence-electron chi connectivity index (χ3n) is 3.93. The maximum absolute atomic E-state index is 12.9. The fourth-order valence-corrected chi connectivity index (χ4v) is 5.45. The monoisotopic (exact) mass is 603 g/mol. The number of aliphatic hydroxyl groups is 2. The number of halogens is 2. The van der Waals surface area contributed by atoms with Crippen LogP contribution in [0.3, 0.4) is 0 Å². The van der Waals surface area contributed by atoms with E-state index in [0.29, 0.717) is 25.8 Å². The molecular weight excluding hydrogens is 584 g/mol. The first kappa shape index (κ1) is 21.7. The zero-order valence-corrected chi connectivity index (χ0v) is 19.4. The average Bonchev–Trinajstić information content (AvgIpc) is 2.57. The van der Waals surface area contributed by atoms with E-state index in [4.69, 9.17) is 17.3 Å². The molecule has 0 aromatic carbocycles. The standard InChI is InChI=1S/C16H19I2N3O4S/c1-3-20-14(24)13(15(25)21(4-2)16(20)26)12-10(17)6-19(7-11(12)18)5-9(23)8-22/h6-7,9,22-23H,3-5,8H2,1-2H3. The van der Waals surface area contributed by atoms with Crippen LogP contribution in [-0.2, 0) is 9.59 Å². The Bertz CT molecular complexity index is 685. The van der Waals surface area contributed by atoms with E-state index in [-0.39, 0.29) is 23.8 Å². The summed E-state index contributed by atoms with van der Waals surface area (Å²) in [5, 5.41) is 18.9. The number of aliphatic hydroxyl groups excluding tert-OH is 2. The molecule has 10 heteroatoms. The van der Waals surface area contributed by atoms with Crippen LogP contribution in [0.2, 0.25) is 0 Å². The maximum Gasteiger partial charge on any atom is 0.266 e. The SMILES string of the molecule is CCN1C(=O)C(=C2C(I)=CN(CC(O)CO)C=C2I)C(=O)N(CC)C1=S. The van der Waals surface area contributed by atoms with Crippen LogP contribution in [-0.4, -0.2) is 74.2 Å². The van der Waals surface area contributed by atoms with Gasteiger partial charge in [-0.1, -0.05) is 0 Å². The summed E-state index contributed by atoms with van der Waals surface area (Å²) in [5.74, 6) is -0.785. The van der Waals surface area contributed by atoms with Gasteiger partial charge in [0.1, 0.15) is 5.57 Å². The van der Waals surface area contributed by atoms with Gasteiger partial charge >= 0.3 is 0 Å². The number of carbonyl (C=O) groups excluding carboxylic acids is 2. The lowest BCUT2D eigenvalue weighted by Gasteiger charge is -2.37. The topological polar surface area (TPSA) is 84.3 Å². The first-order valence-electron chi connectivity index (χ1n) is 7.98. The molecule has 2 aliphatic rings. The number of hydrogen-bond donors (Lipinski definition) is 2. The Balaban J connectivity index is 2.51. The van der Waals surface area contributed by atoms with Crippen LogP contribution in [0.15, 0.2) is 30.7 Å². The molecule has 0 radical (unpaired) electrons.